The molecule has 22 heavy (non-hydrogen) atoms. The van der Waals surface area contributed by atoms with E-state index in [-0.39, 0.29) is 32.7 Å². The Morgan fingerprint density at radius 3 is 2.45 bits per heavy atom. The summed E-state index contributed by atoms with van der Waals surface area (Å²) in [4.78, 5) is 0.119. The third kappa shape index (κ3) is 4.90. The molecule has 0 amide bonds. The molecular formula is C12H18BrClN2O4S2. The van der Waals surface area contributed by atoms with Crippen LogP contribution in [0.5, 0.6) is 0 Å². The largest absolute Gasteiger partial charge is 0.315 e. The number of sulfonamides is 1. The Morgan fingerprint density at radius 2 is 1.95 bits per heavy atom. The summed E-state index contributed by atoms with van der Waals surface area (Å²) in [6.07, 6.45) is 2.78. The van der Waals surface area contributed by atoms with E-state index in [1.807, 2.05) is 0 Å². The van der Waals surface area contributed by atoms with Gasteiger partial charge in [0.15, 0.2) is 9.84 Å². The lowest BCUT2D eigenvalue weighted by Gasteiger charge is -2.23. The summed E-state index contributed by atoms with van der Waals surface area (Å²) in [7, 11) is -7.05. The van der Waals surface area contributed by atoms with Gasteiger partial charge in [-0.05, 0) is 53.5 Å². The molecule has 1 aliphatic heterocycles. The fourth-order valence-corrected chi connectivity index (χ4v) is 5.31. The van der Waals surface area contributed by atoms with Crippen molar-refractivity contribution in [2.45, 2.75) is 28.7 Å². The number of hydrogen-bond acceptors (Lipinski definition) is 5. The molecule has 0 radical (unpaired) electrons. The number of halogens is 2. The number of hydrogen-bond donors (Lipinski definition) is 2. The maximum absolute atomic E-state index is 12.4. The van der Waals surface area contributed by atoms with Gasteiger partial charge >= 0.3 is 0 Å². The lowest BCUT2D eigenvalue weighted by molar-refractivity contribution is 0.428. The van der Waals surface area contributed by atoms with Crippen molar-refractivity contribution in [2.24, 2.45) is 0 Å². The Morgan fingerprint density at radius 1 is 1.27 bits per heavy atom. The van der Waals surface area contributed by atoms with E-state index in [4.69, 9.17) is 0 Å². The Labute approximate surface area is 145 Å². The highest BCUT2D eigenvalue weighted by Crippen LogP contribution is 2.25. The third-order valence-electron chi connectivity index (χ3n) is 3.24. The maximum atomic E-state index is 12.4. The van der Waals surface area contributed by atoms with Gasteiger partial charge in [-0.15, -0.1) is 12.4 Å². The van der Waals surface area contributed by atoms with Crippen molar-refractivity contribution in [3.8, 4) is 0 Å². The van der Waals surface area contributed by atoms with Gasteiger partial charge in [0, 0.05) is 23.3 Å². The van der Waals surface area contributed by atoms with E-state index in [1.165, 1.54) is 18.2 Å². The molecule has 2 rings (SSSR count). The Kier molecular flexibility index (Phi) is 6.85. The van der Waals surface area contributed by atoms with Crippen molar-refractivity contribution >= 4 is 48.2 Å². The van der Waals surface area contributed by atoms with Crippen LogP contribution >= 0.6 is 28.3 Å². The summed E-state index contributed by atoms with van der Waals surface area (Å²) < 4.78 is 50.5. The molecule has 1 fully saturated rings. The van der Waals surface area contributed by atoms with Gasteiger partial charge in [0.25, 0.3) is 0 Å². The highest BCUT2D eigenvalue weighted by Gasteiger charge is 2.24. The molecule has 0 aromatic heterocycles. The number of benzene rings is 1. The van der Waals surface area contributed by atoms with Crippen LogP contribution in [-0.4, -0.2) is 42.2 Å². The third-order valence-corrected chi connectivity index (χ3v) is 6.85. The van der Waals surface area contributed by atoms with Crippen LogP contribution in [0.2, 0.25) is 0 Å². The number of piperidine rings is 1. The molecule has 0 bridgehead atoms. The van der Waals surface area contributed by atoms with Crippen LogP contribution in [0.15, 0.2) is 32.5 Å². The van der Waals surface area contributed by atoms with Crippen molar-refractivity contribution in [2.75, 3.05) is 19.3 Å². The fraction of sp³-hybridized carbons (Fsp3) is 0.500. The van der Waals surface area contributed by atoms with E-state index in [0.29, 0.717) is 6.54 Å². The Balaban J connectivity index is 0.00000242. The zero-order valence-electron chi connectivity index (χ0n) is 11.9. The van der Waals surface area contributed by atoms with Gasteiger partial charge in [0.2, 0.25) is 10.0 Å². The molecule has 1 saturated heterocycles. The molecule has 2 N–H and O–H groups in total. The van der Waals surface area contributed by atoms with Crippen LogP contribution in [0.1, 0.15) is 12.8 Å². The van der Waals surface area contributed by atoms with Gasteiger partial charge in [0.1, 0.15) is 0 Å². The molecule has 0 saturated carbocycles. The predicted octanol–water partition coefficient (Wildman–Crippen LogP) is 1.30. The summed E-state index contributed by atoms with van der Waals surface area (Å²) in [5.74, 6) is 0. The topological polar surface area (TPSA) is 92.3 Å². The molecule has 1 aromatic rings. The van der Waals surface area contributed by atoms with Crippen molar-refractivity contribution < 1.29 is 16.8 Å². The number of rotatable bonds is 4. The summed E-state index contributed by atoms with van der Waals surface area (Å²) in [6.45, 7) is 1.49. The molecule has 1 heterocycles. The minimum atomic E-state index is -3.68. The highest BCUT2D eigenvalue weighted by molar-refractivity contribution is 9.10. The molecule has 10 heteroatoms. The molecule has 0 unspecified atom stereocenters. The molecule has 0 aliphatic carbocycles. The Hall–Kier alpha value is -0.190. The van der Waals surface area contributed by atoms with Crippen molar-refractivity contribution in [1.82, 2.24) is 10.0 Å². The molecule has 126 valence electrons. The lowest BCUT2D eigenvalue weighted by atomic mass is 10.1. The first-order valence-corrected chi connectivity index (χ1v) is 10.6. The molecule has 0 spiro atoms. The lowest BCUT2D eigenvalue weighted by Crippen LogP contribution is -2.45. The van der Waals surface area contributed by atoms with Crippen LogP contribution in [0.25, 0.3) is 0 Å². The smallest absolute Gasteiger partial charge is 0.241 e. The number of nitrogens with one attached hydrogen (secondary N) is 2. The normalized spacial score (nSPS) is 19.5. The first kappa shape index (κ1) is 19.9. The van der Waals surface area contributed by atoms with Crippen LogP contribution in [-0.2, 0) is 19.9 Å². The average Bonchev–Trinajstić information content (AvgIpc) is 2.37. The van der Waals surface area contributed by atoms with Gasteiger partial charge in [-0.1, -0.05) is 0 Å². The summed E-state index contributed by atoms with van der Waals surface area (Å²) in [6, 6.07) is 3.76. The highest BCUT2D eigenvalue weighted by atomic mass is 79.9. The minimum absolute atomic E-state index is 0. The van der Waals surface area contributed by atoms with Gasteiger partial charge < -0.3 is 5.32 Å². The quantitative estimate of drug-likeness (QED) is 0.747. The van der Waals surface area contributed by atoms with Gasteiger partial charge in [-0.2, -0.15) is 0 Å². The van der Waals surface area contributed by atoms with Crippen LogP contribution in [0.3, 0.4) is 0 Å². The van der Waals surface area contributed by atoms with Crippen molar-refractivity contribution in [1.29, 1.82) is 0 Å². The standard InChI is InChI=1S/C12H17BrN2O4S2.ClH/c1-20(16,17)10-4-5-12(11(13)7-10)21(18,19)15-9-3-2-6-14-8-9;/h4-5,7,9,14-15H,2-3,6,8H2,1H3;1H/t9-;/m1./s1. The van der Waals surface area contributed by atoms with Crippen molar-refractivity contribution in [3.63, 3.8) is 0 Å². The van der Waals surface area contributed by atoms with Gasteiger partial charge in [-0.3, -0.25) is 0 Å². The second kappa shape index (κ2) is 7.59. The SMILES string of the molecule is CS(=O)(=O)c1ccc(S(=O)(=O)N[C@@H]2CCCNC2)c(Br)c1.Cl. The van der Waals surface area contributed by atoms with E-state index >= 15 is 0 Å². The van der Waals surface area contributed by atoms with E-state index in [9.17, 15) is 16.8 Å². The second-order valence-corrected chi connectivity index (χ2v) is 9.58. The molecule has 1 aromatic carbocycles. The van der Waals surface area contributed by atoms with E-state index in [2.05, 4.69) is 26.0 Å². The zero-order chi connectivity index (χ0) is 15.7. The minimum Gasteiger partial charge on any atom is -0.315 e. The second-order valence-electron chi connectivity index (χ2n) is 5.03. The predicted molar refractivity (Wildman–Crippen MR) is 90.7 cm³/mol. The molecule has 1 atom stereocenters. The van der Waals surface area contributed by atoms with Gasteiger partial charge in [-0.25, -0.2) is 21.6 Å². The molecule has 1 aliphatic rings. The van der Waals surface area contributed by atoms with Crippen LogP contribution in [0.4, 0.5) is 0 Å². The first-order valence-electron chi connectivity index (χ1n) is 6.43. The maximum Gasteiger partial charge on any atom is 0.241 e. The zero-order valence-corrected chi connectivity index (χ0v) is 15.9. The van der Waals surface area contributed by atoms with E-state index in [1.54, 1.807) is 0 Å². The molecule has 6 nitrogen and oxygen atoms in total. The van der Waals surface area contributed by atoms with Crippen LogP contribution < -0.4 is 10.0 Å². The first-order chi connectivity index (χ1) is 9.70. The summed E-state index contributed by atoms with van der Waals surface area (Å²) in [5, 5.41) is 3.13. The average molecular weight is 434 g/mol. The van der Waals surface area contributed by atoms with Crippen LogP contribution in [0, 0.1) is 0 Å². The fourth-order valence-electron chi connectivity index (χ4n) is 2.17. The summed E-state index contributed by atoms with van der Waals surface area (Å²) >= 11 is 3.14. The monoisotopic (exact) mass is 432 g/mol. The number of sulfone groups is 1. The van der Waals surface area contributed by atoms with E-state index in [0.717, 1.165) is 25.6 Å². The van der Waals surface area contributed by atoms with E-state index < -0.39 is 19.9 Å². The summed E-state index contributed by atoms with van der Waals surface area (Å²) in [5.41, 5.74) is 0. The van der Waals surface area contributed by atoms with Gasteiger partial charge in [0.05, 0.1) is 9.79 Å². The Bertz CT molecular complexity index is 731. The van der Waals surface area contributed by atoms with Crippen molar-refractivity contribution in [3.05, 3.63) is 22.7 Å². The molecular weight excluding hydrogens is 416 g/mol.